The lowest BCUT2D eigenvalue weighted by Gasteiger charge is -2.28. The van der Waals surface area contributed by atoms with Crippen LogP contribution in [-0.2, 0) is 6.42 Å². The number of benzene rings is 1. The lowest BCUT2D eigenvalue weighted by Crippen LogP contribution is -2.19. The van der Waals surface area contributed by atoms with Crippen molar-refractivity contribution >= 4 is 0 Å². The molecule has 0 bridgehead atoms. The summed E-state index contributed by atoms with van der Waals surface area (Å²) in [6, 6.07) is 3.63. The van der Waals surface area contributed by atoms with Gasteiger partial charge in [0.15, 0.2) is 11.5 Å². The Morgan fingerprint density at radius 3 is 2.88 bits per heavy atom. The SMILES string of the molecule is CCN1CC2CCc3c(ccc(O)c3O)C2C1. The van der Waals surface area contributed by atoms with Crippen molar-refractivity contribution < 1.29 is 10.2 Å². The van der Waals surface area contributed by atoms with Crippen molar-refractivity contribution in [2.24, 2.45) is 5.92 Å². The third-order valence-corrected chi connectivity index (χ3v) is 4.43. The quantitative estimate of drug-likeness (QED) is 0.730. The molecular formula is C14H19NO2. The van der Waals surface area contributed by atoms with E-state index in [-0.39, 0.29) is 11.5 Å². The van der Waals surface area contributed by atoms with Gasteiger partial charge < -0.3 is 15.1 Å². The van der Waals surface area contributed by atoms with Gasteiger partial charge in [-0.15, -0.1) is 0 Å². The standard InChI is InChI=1S/C14H19NO2/c1-2-15-7-9-3-4-11-10(12(9)8-15)5-6-13(16)14(11)17/h5-6,9,12,16-17H,2-4,7-8H2,1H3. The van der Waals surface area contributed by atoms with Crippen molar-refractivity contribution in [3.63, 3.8) is 0 Å². The van der Waals surface area contributed by atoms with E-state index in [4.69, 9.17) is 0 Å². The second-order valence-corrected chi connectivity index (χ2v) is 5.26. The van der Waals surface area contributed by atoms with Gasteiger partial charge in [0.25, 0.3) is 0 Å². The van der Waals surface area contributed by atoms with Crippen LogP contribution >= 0.6 is 0 Å². The van der Waals surface area contributed by atoms with E-state index < -0.39 is 0 Å². The Morgan fingerprint density at radius 2 is 2.12 bits per heavy atom. The molecule has 3 rings (SSSR count). The average molecular weight is 233 g/mol. The minimum atomic E-state index is 0.0209. The molecule has 2 N–H and O–H groups in total. The van der Waals surface area contributed by atoms with Crippen molar-refractivity contribution in [2.45, 2.75) is 25.7 Å². The molecule has 0 aromatic heterocycles. The molecule has 2 atom stereocenters. The zero-order valence-electron chi connectivity index (χ0n) is 10.2. The van der Waals surface area contributed by atoms with Crippen LogP contribution in [0.3, 0.4) is 0 Å². The van der Waals surface area contributed by atoms with Crippen molar-refractivity contribution in [3.05, 3.63) is 23.3 Å². The minimum Gasteiger partial charge on any atom is -0.504 e. The highest BCUT2D eigenvalue weighted by atomic mass is 16.3. The Kier molecular flexibility index (Phi) is 2.51. The third kappa shape index (κ3) is 1.61. The molecule has 3 heteroatoms. The zero-order chi connectivity index (χ0) is 12.0. The van der Waals surface area contributed by atoms with Crippen LogP contribution in [0, 0.1) is 5.92 Å². The lowest BCUT2D eigenvalue weighted by atomic mass is 9.77. The van der Waals surface area contributed by atoms with Crippen molar-refractivity contribution in [3.8, 4) is 11.5 Å². The predicted molar refractivity (Wildman–Crippen MR) is 66.4 cm³/mol. The number of hydrogen-bond acceptors (Lipinski definition) is 3. The molecule has 0 saturated carbocycles. The van der Waals surface area contributed by atoms with Gasteiger partial charge in [-0.1, -0.05) is 13.0 Å². The number of likely N-dealkylation sites (N-methyl/N-ethyl adjacent to an activating group) is 1. The van der Waals surface area contributed by atoms with Crippen LogP contribution in [0.15, 0.2) is 12.1 Å². The van der Waals surface area contributed by atoms with Gasteiger partial charge in [0.1, 0.15) is 0 Å². The number of fused-ring (bicyclic) bond motifs is 3. The molecule has 1 aromatic rings. The van der Waals surface area contributed by atoms with Crippen molar-refractivity contribution in [1.29, 1.82) is 0 Å². The summed E-state index contributed by atoms with van der Waals surface area (Å²) >= 11 is 0. The number of aromatic hydroxyl groups is 2. The Hall–Kier alpha value is -1.22. The highest BCUT2D eigenvalue weighted by Gasteiger charge is 2.37. The Morgan fingerprint density at radius 1 is 1.29 bits per heavy atom. The number of nitrogens with zero attached hydrogens (tertiary/aromatic N) is 1. The predicted octanol–water partition coefficient (Wildman–Crippen LogP) is 2.08. The van der Waals surface area contributed by atoms with Gasteiger partial charge in [-0.3, -0.25) is 0 Å². The summed E-state index contributed by atoms with van der Waals surface area (Å²) in [6.45, 7) is 5.58. The van der Waals surface area contributed by atoms with E-state index in [0.717, 1.165) is 37.4 Å². The summed E-state index contributed by atoms with van der Waals surface area (Å²) in [5.41, 5.74) is 2.23. The summed E-state index contributed by atoms with van der Waals surface area (Å²) in [5, 5.41) is 19.5. The van der Waals surface area contributed by atoms with Crippen LogP contribution in [-0.4, -0.2) is 34.7 Å². The van der Waals surface area contributed by atoms with E-state index in [1.54, 1.807) is 6.07 Å². The van der Waals surface area contributed by atoms with E-state index >= 15 is 0 Å². The summed E-state index contributed by atoms with van der Waals surface area (Å²) in [5.74, 6) is 1.40. The first-order valence-electron chi connectivity index (χ1n) is 6.46. The monoisotopic (exact) mass is 233 g/mol. The van der Waals surface area contributed by atoms with E-state index in [9.17, 15) is 10.2 Å². The van der Waals surface area contributed by atoms with Gasteiger partial charge in [-0.05, 0) is 36.9 Å². The van der Waals surface area contributed by atoms with Gasteiger partial charge >= 0.3 is 0 Å². The van der Waals surface area contributed by atoms with E-state index in [1.807, 2.05) is 6.07 Å². The van der Waals surface area contributed by atoms with Crippen LogP contribution in [0.4, 0.5) is 0 Å². The van der Waals surface area contributed by atoms with Gasteiger partial charge in [0.05, 0.1) is 0 Å². The zero-order valence-corrected chi connectivity index (χ0v) is 10.2. The Labute approximate surface area is 102 Å². The number of likely N-dealkylation sites (tertiary alicyclic amines) is 1. The second-order valence-electron chi connectivity index (χ2n) is 5.26. The first kappa shape index (κ1) is 10.9. The number of phenolic OH excluding ortho intramolecular Hbond substituents is 2. The molecule has 0 spiro atoms. The third-order valence-electron chi connectivity index (χ3n) is 4.43. The highest BCUT2D eigenvalue weighted by Crippen LogP contribution is 2.46. The molecule has 1 aliphatic heterocycles. The molecule has 1 aromatic carbocycles. The Bertz CT molecular complexity index is 444. The van der Waals surface area contributed by atoms with E-state index in [1.165, 1.54) is 12.1 Å². The maximum absolute atomic E-state index is 9.92. The number of hydrogen-bond donors (Lipinski definition) is 2. The maximum atomic E-state index is 9.92. The Balaban J connectivity index is 2.00. The highest BCUT2D eigenvalue weighted by molar-refractivity contribution is 5.51. The fourth-order valence-electron chi connectivity index (χ4n) is 3.44. The molecular weight excluding hydrogens is 214 g/mol. The lowest BCUT2D eigenvalue weighted by molar-refractivity contribution is 0.337. The fraction of sp³-hybridized carbons (Fsp3) is 0.571. The van der Waals surface area contributed by atoms with Gasteiger partial charge in [-0.2, -0.15) is 0 Å². The maximum Gasteiger partial charge on any atom is 0.160 e. The fourth-order valence-corrected chi connectivity index (χ4v) is 3.44. The van der Waals surface area contributed by atoms with Gasteiger partial charge in [-0.25, -0.2) is 0 Å². The van der Waals surface area contributed by atoms with Crippen LogP contribution in [0.25, 0.3) is 0 Å². The van der Waals surface area contributed by atoms with Crippen LogP contribution in [0.5, 0.6) is 11.5 Å². The summed E-state index contributed by atoms with van der Waals surface area (Å²) < 4.78 is 0. The topological polar surface area (TPSA) is 43.7 Å². The molecule has 2 aliphatic rings. The molecule has 0 radical (unpaired) electrons. The first-order valence-corrected chi connectivity index (χ1v) is 6.46. The minimum absolute atomic E-state index is 0.0209. The molecule has 1 saturated heterocycles. The molecule has 17 heavy (non-hydrogen) atoms. The number of phenols is 2. The molecule has 3 nitrogen and oxygen atoms in total. The summed E-state index contributed by atoms with van der Waals surface area (Å²) in [6.07, 6.45) is 2.03. The molecule has 1 aliphatic carbocycles. The van der Waals surface area contributed by atoms with Crippen LogP contribution < -0.4 is 0 Å². The van der Waals surface area contributed by atoms with Crippen molar-refractivity contribution in [1.82, 2.24) is 4.90 Å². The molecule has 1 heterocycles. The van der Waals surface area contributed by atoms with Gasteiger partial charge in [0.2, 0.25) is 0 Å². The average Bonchev–Trinajstić information content (AvgIpc) is 2.76. The molecule has 1 fully saturated rings. The van der Waals surface area contributed by atoms with Gasteiger partial charge in [0, 0.05) is 24.6 Å². The summed E-state index contributed by atoms with van der Waals surface area (Å²) in [4.78, 5) is 2.48. The normalized spacial score (nSPS) is 27.8. The van der Waals surface area contributed by atoms with E-state index in [2.05, 4.69) is 11.8 Å². The van der Waals surface area contributed by atoms with Crippen LogP contribution in [0.1, 0.15) is 30.4 Å². The molecule has 92 valence electrons. The van der Waals surface area contributed by atoms with Crippen molar-refractivity contribution in [2.75, 3.05) is 19.6 Å². The second kappa shape index (κ2) is 3.91. The molecule has 2 unspecified atom stereocenters. The first-order chi connectivity index (χ1) is 8.20. The van der Waals surface area contributed by atoms with Crippen LogP contribution in [0.2, 0.25) is 0 Å². The van der Waals surface area contributed by atoms with E-state index in [0.29, 0.717) is 5.92 Å². The molecule has 0 amide bonds. The smallest absolute Gasteiger partial charge is 0.160 e. The largest absolute Gasteiger partial charge is 0.504 e. The number of rotatable bonds is 1. The summed E-state index contributed by atoms with van der Waals surface area (Å²) in [7, 11) is 0.